The zero-order valence-corrected chi connectivity index (χ0v) is 17.5. The van der Waals surface area contributed by atoms with Gasteiger partial charge in [-0.1, -0.05) is 54.6 Å². The molecule has 3 aromatic rings. The smallest absolute Gasteiger partial charge is 0.332 e. The number of carbonyl (C=O) groups is 1. The van der Waals surface area contributed by atoms with Crippen molar-refractivity contribution in [1.29, 1.82) is 0 Å². The second kappa shape index (κ2) is 8.92. The van der Waals surface area contributed by atoms with Gasteiger partial charge in [0.25, 0.3) is 5.56 Å². The van der Waals surface area contributed by atoms with Gasteiger partial charge in [-0.2, -0.15) is 0 Å². The number of benzene rings is 2. The highest BCUT2D eigenvalue weighted by atomic mass is 16.2. The summed E-state index contributed by atoms with van der Waals surface area (Å²) in [6, 6.07) is 17.2. The standard InChI is InChI=1S/C23H26N4O3/c1-16-9-7-8-12-18(16)14-25(2)15-19(28)20-21(24)27(23(30)26(3)22(20)29)13-17-10-5-4-6-11-17/h4-12H,13-15,24H2,1-3H3. The fourth-order valence-electron chi connectivity index (χ4n) is 3.42. The molecule has 0 spiro atoms. The molecule has 7 heteroatoms. The van der Waals surface area contributed by atoms with E-state index in [1.807, 2.05) is 73.5 Å². The van der Waals surface area contributed by atoms with Gasteiger partial charge in [0.1, 0.15) is 11.4 Å². The van der Waals surface area contributed by atoms with E-state index in [1.165, 1.54) is 11.6 Å². The van der Waals surface area contributed by atoms with Gasteiger partial charge in [0.15, 0.2) is 5.78 Å². The largest absolute Gasteiger partial charge is 0.384 e. The van der Waals surface area contributed by atoms with Crippen LogP contribution in [0, 0.1) is 6.92 Å². The molecule has 0 aliphatic heterocycles. The number of nitrogens with two attached hydrogens (primary N) is 1. The molecular weight excluding hydrogens is 380 g/mol. The van der Waals surface area contributed by atoms with Gasteiger partial charge in [-0.05, 0) is 30.7 Å². The van der Waals surface area contributed by atoms with Gasteiger partial charge in [0.05, 0.1) is 13.1 Å². The Morgan fingerprint density at radius 2 is 1.67 bits per heavy atom. The minimum absolute atomic E-state index is 0.0112. The second-order valence-electron chi connectivity index (χ2n) is 7.50. The number of likely N-dealkylation sites (N-methyl/N-ethyl adjacent to an activating group) is 1. The van der Waals surface area contributed by atoms with E-state index >= 15 is 0 Å². The van der Waals surface area contributed by atoms with E-state index in [0.29, 0.717) is 6.54 Å². The Balaban J connectivity index is 1.91. The predicted octanol–water partition coefficient (Wildman–Crippen LogP) is 1.80. The first kappa shape index (κ1) is 21.3. The van der Waals surface area contributed by atoms with Crippen molar-refractivity contribution < 1.29 is 4.79 Å². The lowest BCUT2D eigenvalue weighted by Gasteiger charge is -2.19. The fraction of sp³-hybridized carbons (Fsp3) is 0.261. The fourth-order valence-corrected chi connectivity index (χ4v) is 3.42. The zero-order valence-electron chi connectivity index (χ0n) is 17.5. The van der Waals surface area contributed by atoms with Crippen LogP contribution in [0.3, 0.4) is 0 Å². The molecule has 30 heavy (non-hydrogen) atoms. The van der Waals surface area contributed by atoms with Gasteiger partial charge >= 0.3 is 5.69 Å². The van der Waals surface area contributed by atoms with Crippen LogP contribution >= 0.6 is 0 Å². The Morgan fingerprint density at radius 1 is 1.03 bits per heavy atom. The number of ketones is 1. The van der Waals surface area contributed by atoms with Crippen LogP contribution in [0.25, 0.3) is 0 Å². The van der Waals surface area contributed by atoms with Crippen LogP contribution in [0.4, 0.5) is 5.82 Å². The number of aryl methyl sites for hydroxylation is 1. The van der Waals surface area contributed by atoms with Crippen LogP contribution in [0.1, 0.15) is 27.0 Å². The number of Topliss-reactive ketones (excluding diaryl/α,β-unsaturated/α-hetero) is 1. The van der Waals surface area contributed by atoms with Crippen molar-refractivity contribution in [3.8, 4) is 0 Å². The van der Waals surface area contributed by atoms with Crippen LogP contribution in [0.2, 0.25) is 0 Å². The molecule has 0 saturated heterocycles. The summed E-state index contributed by atoms with van der Waals surface area (Å²) in [6.45, 7) is 2.76. The molecule has 1 heterocycles. The van der Waals surface area contributed by atoms with Gasteiger partial charge < -0.3 is 5.73 Å². The molecule has 156 valence electrons. The molecule has 0 amide bonds. The third kappa shape index (κ3) is 4.41. The third-order valence-electron chi connectivity index (χ3n) is 5.16. The lowest BCUT2D eigenvalue weighted by Crippen LogP contribution is -2.44. The van der Waals surface area contributed by atoms with Gasteiger partial charge in [0, 0.05) is 13.6 Å². The van der Waals surface area contributed by atoms with Crippen molar-refractivity contribution in [2.45, 2.75) is 20.0 Å². The number of nitrogens with zero attached hydrogens (tertiary/aromatic N) is 3. The quantitative estimate of drug-likeness (QED) is 0.604. The van der Waals surface area contributed by atoms with Gasteiger partial charge in [0.2, 0.25) is 0 Å². The summed E-state index contributed by atoms with van der Waals surface area (Å²) in [7, 11) is 3.17. The number of anilines is 1. The molecule has 1 aromatic heterocycles. The van der Waals surface area contributed by atoms with E-state index in [0.717, 1.165) is 21.3 Å². The highest BCUT2D eigenvalue weighted by Crippen LogP contribution is 2.12. The van der Waals surface area contributed by atoms with E-state index in [-0.39, 0.29) is 24.5 Å². The van der Waals surface area contributed by atoms with Crippen LogP contribution in [-0.4, -0.2) is 33.4 Å². The number of hydrogen-bond acceptors (Lipinski definition) is 5. The predicted molar refractivity (Wildman–Crippen MR) is 118 cm³/mol. The van der Waals surface area contributed by atoms with Crippen LogP contribution in [-0.2, 0) is 20.1 Å². The SMILES string of the molecule is Cc1ccccc1CN(C)CC(=O)c1c(N)n(Cc2ccccc2)c(=O)n(C)c1=O. The highest BCUT2D eigenvalue weighted by Gasteiger charge is 2.22. The molecule has 0 unspecified atom stereocenters. The Morgan fingerprint density at radius 3 is 2.33 bits per heavy atom. The van der Waals surface area contributed by atoms with Crippen molar-refractivity contribution >= 4 is 11.6 Å². The monoisotopic (exact) mass is 406 g/mol. The zero-order chi connectivity index (χ0) is 21.8. The van der Waals surface area contributed by atoms with Gasteiger partial charge in [-0.25, -0.2) is 4.79 Å². The molecule has 0 bridgehead atoms. The Hall–Kier alpha value is -3.45. The average molecular weight is 406 g/mol. The van der Waals surface area contributed by atoms with Crippen LogP contribution < -0.4 is 17.0 Å². The highest BCUT2D eigenvalue weighted by molar-refractivity contribution is 6.01. The summed E-state index contributed by atoms with van der Waals surface area (Å²) in [5.74, 6) is -0.507. The first-order valence-electron chi connectivity index (χ1n) is 9.69. The minimum Gasteiger partial charge on any atom is -0.384 e. The van der Waals surface area contributed by atoms with Crippen molar-refractivity contribution in [2.75, 3.05) is 19.3 Å². The molecule has 0 aliphatic carbocycles. The normalized spacial score (nSPS) is 11.1. The van der Waals surface area contributed by atoms with E-state index in [4.69, 9.17) is 5.73 Å². The number of aromatic nitrogens is 2. The Bertz CT molecular complexity index is 1180. The van der Waals surface area contributed by atoms with Crippen molar-refractivity contribution in [3.63, 3.8) is 0 Å². The maximum absolute atomic E-state index is 13.0. The Kier molecular flexibility index (Phi) is 6.32. The first-order chi connectivity index (χ1) is 14.3. The average Bonchev–Trinajstić information content (AvgIpc) is 2.72. The summed E-state index contributed by atoms with van der Waals surface area (Å²) in [5.41, 5.74) is 7.87. The lowest BCUT2D eigenvalue weighted by atomic mass is 10.1. The van der Waals surface area contributed by atoms with Gasteiger partial charge in [-0.15, -0.1) is 0 Å². The molecule has 0 fully saturated rings. The number of carbonyl (C=O) groups excluding carboxylic acids is 1. The molecule has 0 atom stereocenters. The molecule has 0 aliphatic rings. The third-order valence-corrected chi connectivity index (χ3v) is 5.16. The Labute approximate surface area is 175 Å². The molecule has 7 nitrogen and oxygen atoms in total. The summed E-state index contributed by atoms with van der Waals surface area (Å²) >= 11 is 0. The molecule has 3 rings (SSSR count). The summed E-state index contributed by atoms with van der Waals surface area (Å²) in [6.07, 6.45) is 0. The van der Waals surface area contributed by atoms with Crippen molar-refractivity contribution in [2.24, 2.45) is 7.05 Å². The summed E-state index contributed by atoms with van der Waals surface area (Å²) in [4.78, 5) is 40.1. The molecule has 0 radical (unpaired) electrons. The van der Waals surface area contributed by atoms with E-state index in [9.17, 15) is 14.4 Å². The maximum Gasteiger partial charge on any atom is 0.332 e. The summed E-state index contributed by atoms with van der Waals surface area (Å²) in [5, 5.41) is 0. The second-order valence-corrected chi connectivity index (χ2v) is 7.50. The van der Waals surface area contributed by atoms with Crippen LogP contribution in [0.5, 0.6) is 0 Å². The molecule has 2 N–H and O–H groups in total. The molecule has 2 aromatic carbocycles. The van der Waals surface area contributed by atoms with Crippen molar-refractivity contribution in [3.05, 3.63) is 97.7 Å². The number of hydrogen-bond donors (Lipinski definition) is 1. The summed E-state index contributed by atoms with van der Waals surface area (Å²) < 4.78 is 2.21. The number of rotatable bonds is 7. The lowest BCUT2D eigenvalue weighted by molar-refractivity contribution is 0.0941. The maximum atomic E-state index is 13.0. The molecule has 0 saturated carbocycles. The van der Waals surface area contributed by atoms with E-state index in [2.05, 4.69) is 0 Å². The van der Waals surface area contributed by atoms with Crippen LogP contribution in [0.15, 0.2) is 64.2 Å². The van der Waals surface area contributed by atoms with Gasteiger partial charge in [-0.3, -0.25) is 23.6 Å². The number of nitrogen functional groups attached to an aromatic ring is 1. The topological polar surface area (TPSA) is 90.3 Å². The first-order valence-corrected chi connectivity index (χ1v) is 9.69. The molecular formula is C23H26N4O3. The van der Waals surface area contributed by atoms with Crippen molar-refractivity contribution in [1.82, 2.24) is 14.0 Å². The van der Waals surface area contributed by atoms with E-state index in [1.54, 1.807) is 0 Å². The van der Waals surface area contributed by atoms with E-state index < -0.39 is 17.0 Å². The minimum atomic E-state index is -0.670.